The molecule has 1 unspecified atom stereocenters. The van der Waals surface area contributed by atoms with Gasteiger partial charge in [0.15, 0.2) is 0 Å². The third-order valence-corrected chi connectivity index (χ3v) is 2.78. The maximum absolute atomic E-state index is 5.00. The van der Waals surface area contributed by atoms with E-state index in [0.717, 1.165) is 0 Å². The van der Waals surface area contributed by atoms with Gasteiger partial charge in [0, 0.05) is 13.1 Å². The van der Waals surface area contributed by atoms with Gasteiger partial charge in [-0.15, -0.1) is 0 Å². The lowest BCUT2D eigenvalue weighted by Gasteiger charge is -2.27. The average molecular weight is 173 g/mol. The molecule has 12 heavy (non-hydrogen) atoms. The van der Waals surface area contributed by atoms with E-state index < -0.39 is 0 Å². The molecule has 1 rings (SSSR count). The van der Waals surface area contributed by atoms with Crippen LogP contribution in [-0.2, 0) is 4.84 Å². The van der Waals surface area contributed by atoms with E-state index >= 15 is 0 Å². The van der Waals surface area contributed by atoms with Crippen LogP contribution in [0.3, 0.4) is 0 Å². The highest BCUT2D eigenvalue weighted by Gasteiger charge is 2.43. The first-order chi connectivity index (χ1) is 5.62. The first-order valence-corrected chi connectivity index (χ1v) is 4.40. The van der Waals surface area contributed by atoms with Gasteiger partial charge >= 0.3 is 0 Å². The Morgan fingerprint density at radius 1 is 1.50 bits per heavy atom. The lowest BCUT2D eigenvalue weighted by molar-refractivity contribution is -0.214. The first kappa shape index (κ1) is 9.92. The molecule has 0 heterocycles. The molecule has 1 aliphatic carbocycles. The van der Waals surface area contributed by atoms with Crippen LogP contribution in [0.1, 0.15) is 26.7 Å². The molecule has 4 heteroatoms. The molecule has 0 amide bonds. The lowest BCUT2D eigenvalue weighted by Crippen LogP contribution is -2.51. The molecule has 1 aliphatic rings. The van der Waals surface area contributed by atoms with Gasteiger partial charge in [-0.05, 0) is 25.2 Å². The van der Waals surface area contributed by atoms with Crippen molar-refractivity contribution < 1.29 is 4.84 Å². The van der Waals surface area contributed by atoms with Crippen LogP contribution in [0.4, 0.5) is 0 Å². The molecule has 1 saturated carbocycles. The van der Waals surface area contributed by atoms with Gasteiger partial charge < -0.3 is 0 Å². The number of nitrogens with one attached hydrogen (secondary N) is 2. The summed E-state index contributed by atoms with van der Waals surface area (Å²) in [5.41, 5.74) is 6.57. The maximum Gasteiger partial charge on any atom is 0.0607 e. The highest BCUT2D eigenvalue weighted by molar-refractivity contribution is 4.95. The Bertz CT molecular complexity index is 143. The van der Waals surface area contributed by atoms with Crippen molar-refractivity contribution >= 4 is 0 Å². The van der Waals surface area contributed by atoms with Gasteiger partial charge in [-0.3, -0.25) is 4.84 Å². The smallest absolute Gasteiger partial charge is 0.0607 e. The molecule has 72 valence electrons. The van der Waals surface area contributed by atoms with E-state index in [2.05, 4.69) is 24.7 Å². The van der Waals surface area contributed by atoms with Crippen LogP contribution in [0.5, 0.6) is 0 Å². The average Bonchev–Trinajstić information content (AvgIpc) is 2.80. The summed E-state index contributed by atoms with van der Waals surface area (Å²) in [6.45, 7) is 4.46. The molecule has 0 aromatic carbocycles. The second-order valence-corrected chi connectivity index (χ2v) is 3.71. The number of hydrazine groups is 2. The lowest BCUT2D eigenvalue weighted by atomic mass is 10.0. The van der Waals surface area contributed by atoms with Gasteiger partial charge in [0.2, 0.25) is 0 Å². The normalized spacial score (nSPS) is 22.8. The van der Waals surface area contributed by atoms with Crippen molar-refractivity contribution in [3.05, 3.63) is 0 Å². The molecule has 1 atom stereocenters. The molecule has 0 saturated heterocycles. The minimum atomic E-state index is 0.449. The maximum atomic E-state index is 5.00. The molecule has 4 nitrogen and oxygen atoms in total. The van der Waals surface area contributed by atoms with Crippen molar-refractivity contribution in [1.29, 1.82) is 0 Å². The highest BCUT2D eigenvalue weighted by atomic mass is 16.7. The third-order valence-electron chi connectivity index (χ3n) is 2.78. The van der Waals surface area contributed by atoms with Crippen molar-refractivity contribution in [1.82, 2.24) is 16.1 Å². The van der Waals surface area contributed by atoms with Gasteiger partial charge in [0.05, 0.1) is 7.11 Å². The van der Waals surface area contributed by atoms with Crippen LogP contribution in [0.25, 0.3) is 0 Å². The van der Waals surface area contributed by atoms with E-state index in [4.69, 9.17) is 4.84 Å². The van der Waals surface area contributed by atoms with E-state index in [-0.39, 0.29) is 0 Å². The van der Waals surface area contributed by atoms with Crippen molar-refractivity contribution in [3.63, 3.8) is 0 Å². The van der Waals surface area contributed by atoms with E-state index in [1.807, 2.05) is 7.05 Å². The van der Waals surface area contributed by atoms with Crippen LogP contribution >= 0.6 is 0 Å². The zero-order chi connectivity index (χ0) is 9.19. The summed E-state index contributed by atoms with van der Waals surface area (Å²) in [6, 6.07) is 0.449. The Labute approximate surface area is 74.2 Å². The van der Waals surface area contributed by atoms with E-state index in [1.165, 1.54) is 18.1 Å². The van der Waals surface area contributed by atoms with Crippen molar-refractivity contribution in [2.45, 2.75) is 32.7 Å². The van der Waals surface area contributed by atoms with Crippen molar-refractivity contribution in [3.8, 4) is 0 Å². The monoisotopic (exact) mass is 173 g/mol. The summed E-state index contributed by atoms with van der Waals surface area (Å²) in [5, 5.41) is 1.54. The molecular formula is C8H19N3O. The second kappa shape index (κ2) is 3.70. The number of hydrogen-bond donors (Lipinski definition) is 2. The van der Waals surface area contributed by atoms with Crippen LogP contribution in [0.15, 0.2) is 0 Å². The summed E-state index contributed by atoms with van der Waals surface area (Å²) in [7, 11) is 3.45. The molecule has 0 radical (unpaired) electrons. The van der Waals surface area contributed by atoms with E-state index in [9.17, 15) is 0 Å². The Morgan fingerprint density at radius 3 is 2.42 bits per heavy atom. The van der Waals surface area contributed by atoms with Gasteiger partial charge in [-0.1, -0.05) is 12.2 Å². The summed E-state index contributed by atoms with van der Waals surface area (Å²) >= 11 is 0. The van der Waals surface area contributed by atoms with E-state index in [1.54, 1.807) is 7.11 Å². The van der Waals surface area contributed by atoms with Crippen LogP contribution in [0, 0.1) is 5.41 Å². The molecule has 0 spiro atoms. The SMILES string of the molecule is CNN(NC(C)C1(C)CC1)OC. The molecule has 0 bridgehead atoms. The molecule has 2 N–H and O–H groups in total. The summed E-state index contributed by atoms with van der Waals surface area (Å²) < 4.78 is 0. The van der Waals surface area contributed by atoms with Crippen molar-refractivity contribution in [2.75, 3.05) is 14.2 Å². The standard InChI is InChI=1S/C8H19N3O/c1-7(8(2)5-6-8)10-11(9-3)12-4/h7,9-10H,5-6H2,1-4H3. The Hall–Kier alpha value is -0.160. The number of hydrogen-bond acceptors (Lipinski definition) is 4. The largest absolute Gasteiger partial charge is 0.273 e. The van der Waals surface area contributed by atoms with Gasteiger partial charge in [-0.25, -0.2) is 10.9 Å². The van der Waals surface area contributed by atoms with Crippen LogP contribution in [0.2, 0.25) is 0 Å². The highest BCUT2D eigenvalue weighted by Crippen LogP contribution is 2.47. The third kappa shape index (κ3) is 2.17. The zero-order valence-corrected chi connectivity index (χ0v) is 8.35. The van der Waals surface area contributed by atoms with Crippen LogP contribution in [-0.4, -0.2) is 25.5 Å². The molecule has 0 aliphatic heterocycles. The molecule has 1 fully saturated rings. The van der Waals surface area contributed by atoms with Gasteiger partial charge in [0.1, 0.15) is 0 Å². The quantitative estimate of drug-likeness (QED) is 0.599. The summed E-state index contributed by atoms with van der Waals surface area (Å²) in [4.78, 5) is 5.00. The number of rotatable bonds is 5. The minimum absolute atomic E-state index is 0.449. The Morgan fingerprint density at radius 2 is 2.08 bits per heavy atom. The topological polar surface area (TPSA) is 36.5 Å². The number of nitrogens with zero attached hydrogens (tertiary/aromatic N) is 1. The van der Waals surface area contributed by atoms with Crippen molar-refractivity contribution in [2.24, 2.45) is 5.41 Å². The fourth-order valence-electron chi connectivity index (χ4n) is 1.17. The fraction of sp³-hybridized carbons (Fsp3) is 1.00. The Kier molecular flexibility index (Phi) is 3.06. The minimum Gasteiger partial charge on any atom is -0.273 e. The van der Waals surface area contributed by atoms with Gasteiger partial charge in [-0.2, -0.15) is 0 Å². The second-order valence-electron chi connectivity index (χ2n) is 3.71. The predicted octanol–water partition coefficient (Wildman–Crippen LogP) is 0.677. The van der Waals surface area contributed by atoms with Gasteiger partial charge in [0.25, 0.3) is 0 Å². The van der Waals surface area contributed by atoms with E-state index in [0.29, 0.717) is 11.5 Å². The molecule has 0 aromatic heterocycles. The zero-order valence-electron chi connectivity index (χ0n) is 8.35. The van der Waals surface area contributed by atoms with Crippen LogP contribution < -0.4 is 10.9 Å². The summed E-state index contributed by atoms with van der Waals surface area (Å²) in [6.07, 6.45) is 2.62. The first-order valence-electron chi connectivity index (χ1n) is 4.40. The molecular weight excluding hydrogens is 154 g/mol. The predicted molar refractivity (Wildman–Crippen MR) is 47.8 cm³/mol. The fourth-order valence-corrected chi connectivity index (χ4v) is 1.17. The summed E-state index contributed by atoms with van der Waals surface area (Å²) in [5.74, 6) is 0. The molecule has 0 aromatic rings. The Balaban J connectivity index is 2.29.